The Morgan fingerprint density at radius 2 is 2.00 bits per heavy atom. The summed E-state index contributed by atoms with van der Waals surface area (Å²) in [5.41, 5.74) is 1.51. The highest BCUT2D eigenvalue weighted by Gasteiger charge is 2.23. The number of thioether (sulfide) groups is 1. The molecule has 0 aromatic heterocycles. The summed E-state index contributed by atoms with van der Waals surface area (Å²) in [7, 11) is 3.10. The van der Waals surface area contributed by atoms with Gasteiger partial charge in [-0.1, -0.05) is 11.8 Å². The average molecular weight is 310 g/mol. The number of hydrogen-bond donors (Lipinski definition) is 1. The number of anilines is 1. The van der Waals surface area contributed by atoms with Crippen molar-refractivity contribution in [3.8, 4) is 11.5 Å². The molecular weight excluding hydrogens is 292 g/mol. The van der Waals surface area contributed by atoms with E-state index in [1.54, 1.807) is 26.4 Å². The summed E-state index contributed by atoms with van der Waals surface area (Å²) in [5.74, 6) is 1.67. The van der Waals surface area contributed by atoms with Gasteiger partial charge in [0.05, 0.1) is 14.2 Å². The number of carbonyl (C=O) groups is 2. The summed E-state index contributed by atoms with van der Waals surface area (Å²) in [6.07, 6.45) is 0. The molecule has 1 saturated heterocycles. The average Bonchev–Trinajstić information content (AvgIpc) is 2.85. The molecule has 1 heterocycles. The van der Waals surface area contributed by atoms with Crippen LogP contribution in [0.25, 0.3) is 0 Å². The molecule has 114 valence electrons. The van der Waals surface area contributed by atoms with Crippen LogP contribution in [0.4, 0.5) is 10.5 Å². The topological polar surface area (TPSA) is 67.9 Å². The third kappa shape index (κ3) is 3.60. The second kappa shape index (κ2) is 6.71. The molecule has 0 saturated carbocycles. The summed E-state index contributed by atoms with van der Waals surface area (Å²) >= 11 is 1.24. The number of hydrogen-bond acceptors (Lipinski definition) is 5. The van der Waals surface area contributed by atoms with Crippen molar-refractivity contribution in [3.63, 3.8) is 0 Å². The molecule has 0 radical (unpaired) electrons. The predicted molar refractivity (Wildman–Crippen MR) is 82.3 cm³/mol. The standard InChI is InChI=1S/C14H18N2O4S/c1-9-6-11(19-2)12(20-3)7-10(9)15-13(17)8-16-4-5-21-14(16)18/h6-7H,4-5,8H2,1-3H3,(H,15,17). The van der Waals surface area contributed by atoms with Crippen molar-refractivity contribution >= 4 is 28.6 Å². The summed E-state index contributed by atoms with van der Waals surface area (Å²) in [4.78, 5) is 25.1. The van der Waals surface area contributed by atoms with Crippen LogP contribution in [-0.2, 0) is 4.79 Å². The van der Waals surface area contributed by atoms with Crippen LogP contribution in [0, 0.1) is 6.92 Å². The number of amides is 2. The van der Waals surface area contributed by atoms with Crippen molar-refractivity contribution < 1.29 is 19.1 Å². The first kappa shape index (κ1) is 15.5. The Kier molecular flexibility index (Phi) is 4.95. The van der Waals surface area contributed by atoms with Gasteiger partial charge < -0.3 is 19.7 Å². The Bertz CT molecular complexity index is 562. The van der Waals surface area contributed by atoms with Crippen molar-refractivity contribution in [2.24, 2.45) is 0 Å². The van der Waals surface area contributed by atoms with Gasteiger partial charge in [0.25, 0.3) is 5.24 Å². The molecule has 1 aromatic rings. The van der Waals surface area contributed by atoms with Crippen molar-refractivity contribution in [2.75, 3.05) is 38.4 Å². The van der Waals surface area contributed by atoms with Gasteiger partial charge in [0, 0.05) is 24.1 Å². The number of benzene rings is 1. The summed E-state index contributed by atoms with van der Waals surface area (Å²) in [6, 6.07) is 3.51. The number of carbonyl (C=O) groups excluding carboxylic acids is 2. The number of ether oxygens (including phenoxy) is 2. The lowest BCUT2D eigenvalue weighted by atomic mass is 10.1. The maximum atomic E-state index is 12.0. The molecular formula is C14H18N2O4S. The Morgan fingerprint density at radius 3 is 2.57 bits per heavy atom. The molecule has 0 bridgehead atoms. The molecule has 1 aromatic carbocycles. The van der Waals surface area contributed by atoms with Gasteiger partial charge in [-0.05, 0) is 18.6 Å². The van der Waals surface area contributed by atoms with Gasteiger partial charge in [-0.2, -0.15) is 0 Å². The largest absolute Gasteiger partial charge is 0.493 e. The molecule has 2 rings (SSSR count). The van der Waals surface area contributed by atoms with Crippen molar-refractivity contribution in [1.82, 2.24) is 4.90 Å². The van der Waals surface area contributed by atoms with E-state index in [1.807, 2.05) is 6.92 Å². The molecule has 0 atom stereocenters. The van der Waals surface area contributed by atoms with E-state index in [-0.39, 0.29) is 17.7 Å². The SMILES string of the molecule is COc1cc(C)c(NC(=O)CN2CCSC2=O)cc1OC. The molecule has 1 aliphatic heterocycles. The van der Waals surface area contributed by atoms with Gasteiger partial charge in [0.1, 0.15) is 6.54 Å². The van der Waals surface area contributed by atoms with Crippen molar-refractivity contribution in [3.05, 3.63) is 17.7 Å². The van der Waals surface area contributed by atoms with E-state index in [2.05, 4.69) is 5.32 Å². The molecule has 6 nitrogen and oxygen atoms in total. The molecule has 2 amide bonds. The Hall–Kier alpha value is -1.89. The van der Waals surface area contributed by atoms with Crippen LogP contribution in [0.3, 0.4) is 0 Å². The minimum Gasteiger partial charge on any atom is -0.493 e. The lowest BCUT2D eigenvalue weighted by Gasteiger charge is -2.16. The lowest BCUT2D eigenvalue weighted by molar-refractivity contribution is -0.116. The highest BCUT2D eigenvalue weighted by molar-refractivity contribution is 8.13. The minimum absolute atomic E-state index is 0.0471. The van der Waals surface area contributed by atoms with Crippen LogP contribution in [0.1, 0.15) is 5.56 Å². The first-order valence-corrected chi connectivity index (χ1v) is 7.48. The number of nitrogens with one attached hydrogen (secondary N) is 1. The van der Waals surface area contributed by atoms with Crippen LogP contribution in [0.5, 0.6) is 11.5 Å². The third-order valence-corrected chi connectivity index (χ3v) is 4.08. The van der Waals surface area contributed by atoms with Crippen LogP contribution >= 0.6 is 11.8 Å². The zero-order valence-electron chi connectivity index (χ0n) is 12.3. The third-order valence-electron chi connectivity index (χ3n) is 3.18. The minimum atomic E-state index is -0.221. The Labute approximate surface area is 127 Å². The molecule has 1 aliphatic rings. The van der Waals surface area contributed by atoms with Crippen LogP contribution < -0.4 is 14.8 Å². The van der Waals surface area contributed by atoms with E-state index in [1.165, 1.54) is 16.7 Å². The van der Waals surface area contributed by atoms with E-state index in [0.717, 1.165) is 11.3 Å². The second-order valence-corrected chi connectivity index (χ2v) is 5.65. The second-order valence-electron chi connectivity index (χ2n) is 4.61. The van der Waals surface area contributed by atoms with Crippen LogP contribution in [-0.4, -0.2) is 49.1 Å². The van der Waals surface area contributed by atoms with Crippen LogP contribution in [0.2, 0.25) is 0 Å². The first-order valence-electron chi connectivity index (χ1n) is 6.49. The van der Waals surface area contributed by atoms with Gasteiger partial charge in [0.15, 0.2) is 11.5 Å². The highest BCUT2D eigenvalue weighted by atomic mass is 32.2. The molecule has 1 fully saturated rings. The predicted octanol–water partition coefficient (Wildman–Crippen LogP) is 2.12. The summed E-state index contributed by atoms with van der Waals surface area (Å²) in [6.45, 7) is 2.55. The first-order chi connectivity index (χ1) is 10.0. The van der Waals surface area contributed by atoms with Gasteiger partial charge >= 0.3 is 0 Å². The smallest absolute Gasteiger partial charge is 0.282 e. The summed E-state index contributed by atoms with van der Waals surface area (Å²) in [5, 5.41) is 2.76. The molecule has 7 heteroatoms. The molecule has 0 spiro atoms. The molecule has 0 unspecified atom stereocenters. The fourth-order valence-electron chi connectivity index (χ4n) is 2.05. The van der Waals surface area contributed by atoms with E-state index < -0.39 is 0 Å². The monoisotopic (exact) mass is 310 g/mol. The maximum absolute atomic E-state index is 12.0. The zero-order chi connectivity index (χ0) is 15.4. The van der Waals surface area contributed by atoms with Gasteiger partial charge in [-0.15, -0.1) is 0 Å². The normalized spacial score (nSPS) is 14.2. The van der Waals surface area contributed by atoms with Crippen molar-refractivity contribution in [2.45, 2.75) is 6.92 Å². The fraction of sp³-hybridized carbons (Fsp3) is 0.429. The van der Waals surface area contributed by atoms with Gasteiger partial charge in [-0.3, -0.25) is 9.59 Å². The zero-order valence-corrected chi connectivity index (χ0v) is 13.1. The fourth-order valence-corrected chi connectivity index (χ4v) is 2.87. The summed E-state index contributed by atoms with van der Waals surface area (Å²) < 4.78 is 10.4. The number of nitrogens with zero attached hydrogens (tertiary/aromatic N) is 1. The van der Waals surface area contributed by atoms with E-state index >= 15 is 0 Å². The van der Waals surface area contributed by atoms with E-state index in [0.29, 0.717) is 23.7 Å². The van der Waals surface area contributed by atoms with E-state index in [4.69, 9.17) is 9.47 Å². The van der Waals surface area contributed by atoms with Crippen molar-refractivity contribution in [1.29, 1.82) is 0 Å². The molecule has 21 heavy (non-hydrogen) atoms. The number of methoxy groups -OCH3 is 2. The van der Waals surface area contributed by atoms with Gasteiger partial charge in [-0.25, -0.2) is 0 Å². The molecule has 1 N–H and O–H groups in total. The lowest BCUT2D eigenvalue weighted by Crippen LogP contribution is -2.33. The quantitative estimate of drug-likeness (QED) is 0.902. The van der Waals surface area contributed by atoms with Crippen LogP contribution in [0.15, 0.2) is 12.1 Å². The van der Waals surface area contributed by atoms with Gasteiger partial charge in [0.2, 0.25) is 5.91 Å². The highest BCUT2D eigenvalue weighted by Crippen LogP contribution is 2.32. The Balaban J connectivity index is 2.08. The number of aryl methyl sites for hydroxylation is 1. The molecule has 0 aliphatic carbocycles. The number of rotatable bonds is 5. The van der Waals surface area contributed by atoms with E-state index in [9.17, 15) is 9.59 Å². The maximum Gasteiger partial charge on any atom is 0.282 e. The Morgan fingerprint density at radius 1 is 1.33 bits per heavy atom.